The van der Waals surface area contributed by atoms with Crippen LogP contribution in [0.1, 0.15) is 0 Å². The van der Waals surface area contributed by atoms with Crippen molar-refractivity contribution < 1.29 is 4.79 Å². The minimum atomic E-state index is 0.0179. The quantitative estimate of drug-likeness (QED) is 0.669. The molecule has 2 heterocycles. The van der Waals surface area contributed by atoms with E-state index in [1.807, 2.05) is 54.6 Å². The number of thioether (sulfide) groups is 1. The molecular formula is C18H16N4OS. The smallest absolute Gasteiger partial charge is 0.237 e. The van der Waals surface area contributed by atoms with Crippen LogP contribution in [0.25, 0.3) is 11.3 Å². The van der Waals surface area contributed by atoms with Crippen LogP contribution in [0.5, 0.6) is 0 Å². The fraction of sp³-hybridized carbons (Fsp3) is 0.111. The van der Waals surface area contributed by atoms with Gasteiger partial charge in [-0.25, -0.2) is 0 Å². The molecule has 24 heavy (non-hydrogen) atoms. The first-order valence-electron chi connectivity index (χ1n) is 7.42. The molecule has 1 aromatic carbocycles. The van der Waals surface area contributed by atoms with E-state index in [0.29, 0.717) is 5.75 Å². The Labute approximate surface area is 144 Å². The molecule has 1 amide bonds. The van der Waals surface area contributed by atoms with E-state index in [0.717, 1.165) is 22.0 Å². The zero-order valence-corrected chi connectivity index (χ0v) is 14.0. The van der Waals surface area contributed by atoms with Crippen molar-refractivity contribution in [3.05, 3.63) is 67.0 Å². The molecule has 3 aromatic rings. The highest BCUT2D eigenvalue weighted by atomic mass is 32.2. The Hall–Kier alpha value is -2.73. The van der Waals surface area contributed by atoms with Gasteiger partial charge in [0, 0.05) is 30.7 Å². The molecule has 0 aliphatic heterocycles. The molecule has 2 aromatic heterocycles. The van der Waals surface area contributed by atoms with Gasteiger partial charge in [-0.05, 0) is 36.4 Å². The van der Waals surface area contributed by atoms with Gasteiger partial charge in [-0.3, -0.25) is 9.78 Å². The van der Waals surface area contributed by atoms with Crippen molar-refractivity contribution >= 4 is 23.4 Å². The molecular weight excluding hydrogens is 320 g/mol. The molecule has 6 heteroatoms. The lowest BCUT2D eigenvalue weighted by molar-refractivity contribution is -0.115. The molecule has 0 unspecified atom stereocenters. The Bertz CT molecular complexity index is 794. The number of para-hydroxylation sites is 1. The van der Waals surface area contributed by atoms with Gasteiger partial charge < -0.3 is 4.90 Å². The third-order valence-corrected chi connectivity index (χ3v) is 4.36. The van der Waals surface area contributed by atoms with Crippen molar-refractivity contribution in [3.8, 4) is 11.3 Å². The number of pyridine rings is 1. The number of nitrogens with zero attached hydrogens (tertiary/aromatic N) is 4. The lowest BCUT2D eigenvalue weighted by Crippen LogP contribution is -2.27. The molecule has 0 aliphatic rings. The summed E-state index contributed by atoms with van der Waals surface area (Å²) in [7, 11) is 1.77. The van der Waals surface area contributed by atoms with Gasteiger partial charge in [-0.15, -0.1) is 10.2 Å². The number of hydrogen-bond donors (Lipinski definition) is 0. The topological polar surface area (TPSA) is 59.0 Å². The van der Waals surface area contributed by atoms with Crippen molar-refractivity contribution in [2.75, 3.05) is 17.7 Å². The Kier molecular flexibility index (Phi) is 5.18. The van der Waals surface area contributed by atoms with E-state index in [1.165, 1.54) is 11.8 Å². The zero-order chi connectivity index (χ0) is 16.8. The second-order valence-electron chi connectivity index (χ2n) is 5.08. The second-order valence-corrected chi connectivity index (χ2v) is 6.07. The normalized spacial score (nSPS) is 10.4. The van der Waals surface area contributed by atoms with E-state index in [2.05, 4.69) is 15.2 Å². The minimum Gasteiger partial charge on any atom is -0.315 e. The van der Waals surface area contributed by atoms with Crippen LogP contribution >= 0.6 is 11.8 Å². The summed E-state index contributed by atoms with van der Waals surface area (Å²) in [6.07, 6.45) is 3.46. The number of aromatic nitrogens is 3. The Morgan fingerprint density at radius 2 is 1.88 bits per heavy atom. The number of benzene rings is 1. The number of hydrogen-bond acceptors (Lipinski definition) is 5. The summed E-state index contributed by atoms with van der Waals surface area (Å²) >= 11 is 1.37. The van der Waals surface area contributed by atoms with E-state index < -0.39 is 0 Å². The van der Waals surface area contributed by atoms with Crippen LogP contribution in [0.4, 0.5) is 5.69 Å². The monoisotopic (exact) mass is 336 g/mol. The molecule has 120 valence electrons. The largest absolute Gasteiger partial charge is 0.315 e. The van der Waals surface area contributed by atoms with Gasteiger partial charge in [0.1, 0.15) is 5.03 Å². The highest BCUT2D eigenvalue weighted by molar-refractivity contribution is 7.99. The highest BCUT2D eigenvalue weighted by Gasteiger charge is 2.11. The third-order valence-electron chi connectivity index (χ3n) is 3.46. The van der Waals surface area contributed by atoms with Gasteiger partial charge >= 0.3 is 0 Å². The van der Waals surface area contributed by atoms with Gasteiger partial charge in [0.2, 0.25) is 5.91 Å². The van der Waals surface area contributed by atoms with Crippen molar-refractivity contribution in [1.82, 2.24) is 15.2 Å². The third kappa shape index (κ3) is 3.97. The average Bonchev–Trinajstić information content (AvgIpc) is 2.67. The fourth-order valence-electron chi connectivity index (χ4n) is 2.09. The van der Waals surface area contributed by atoms with E-state index >= 15 is 0 Å². The predicted octanol–water partition coefficient (Wildman–Crippen LogP) is 3.29. The summed E-state index contributed by atoms with van der Waals surface area (Å²) in [4.78, 5) is 18.0. The minimum absolute atomic E-state index is 0.0179. The summed E-state index contributed by atoms with van der Waals surface area (Å²) in [5, 5.41) is 9.09. The van der Waals surface area contributed by atoms with Gasteiger partial charge in [0.25, 0.3) is 0 Å². The van der Waals surface area contributed by atoms with Gasteiger partial charge in [-0.2, -0.15) is 0 Å². The van der Waals surface area contributed by atoms with Crippen LogP contribution < -0.4 is 4.90 Å². The summed E-state index contributed by atoms with van der Waals surface area (Å²) in [6.45, 7) is 0. The summed E-state index contributed by atoms with van der Waals surface area (Å²) < 4.78 is 0. The van der Waals surface area contributed by atoms with E-state index in [4.69, 9.17) is 0 Å². The van der Waals surface area contributed by atoms with Crippen LogP contribution in [0, 0.1) is 0 Å². The van der Waals surface area contributed by atoms with E-state index in [-0.39, 0.29) is 5.91 Å². The Morgan fingerprint density at radius 3 is 2.54 bits per heavy atom. The van der Waals surface area contributed by atoms with Crippen molar-refractivity contribution in [3.63, 3.8) is 0 Å². The maximum absolute atomic E-state index is 12.3. The number of rotatable bonds is 5. The number of carbonyl (C=O) groups is 1. The van der Waals surface area contributed by atoms with Crippen LogP contribution in [-0.4, -0.2) is 33.9 Å². The lowest BCUT2D eigenvalue weighted by Gasteiger charge is -2.16. The molecule has 0 saturated heterocycles. The first-order valence-corrected chi connectivity index (χ1v) is 8.41. The summed E-state index contributed by atoms with van der Waals surface area (Å²) in [5.41, 5.74) is 2.56. The van der Waals surface area contributed by atoms with Crippen LogP contribution in [-0.2, 0) is 4.79 Å². The van der Waals surface area contributed by atoms with Gasteiger partial charge in [0.05, 0.1) is 11.4 Å². The van der Waals surface area contributed by atoms with Crippen molar-refractivity contribution in [2.24, 2.45) is 0 Å². The molecule has 0 aliphatic carbocycles. The number of carbonyl (C=O) groups excluding carboxylic acids is 1. The van der Waals surface area contributed by atoms with Gasteiger partial charge in [0.15, 0.2) is 0 Å². The van der Waals surface area contributed by atoms with Crippen molar-refractivity contribution in [2.45, 2.75) is 5.03 Å². The van der Waals surface area contributed by atoms with Gasteiger partial charge in [-0.1, -0.05) is 30.0 Å². The molecule has 0 atom stereocenters. The first kappa shape index (κ1) is 16.1. The number of anilines is 1. The second kappa shape index (κ2) is 7.70. The highest BCUT2D eigenvalue weighted by Crippen LogP contribution is 2.20. The Balaban J connectivity index is 1.60. The summed E-state index contributed by atoms with van der Waals surface area (Å²) in [6, 6.07) is 17.1. The molecule has 0 fully saturated rings. The van der Waals surface area contributed by atoms with E-state index in [1.54, 1.807) is 24.3 Å². The Morgan fingerprint density at radius 1 is 1.04 bits per heavy atom. The van der Waals surface area contributed by atoms with Crippen molar-refractivity contribution in [1.29, 1.82) is 0 Å². The van der Waals surface area contributed by atoms with Crippen LogP contribution in [0.3, 0.4) is 0 Å². The average molecular weight is 336 g/mol. The lowest BCUT2D eigenvalue weighted by atomic mass is 10.2. The first-order chi connectivity index (χ1) is 11.7. The zero-order valence-electron chi connectivity index (χ0n) is 13.2. The fourth-order valence-corrected chi connectivity index (χ4v) is 2.82. The maximum atomic E-state index is 12.3. The van der Waals surface area contributed by atoms with E-state index in [9.17, 15) is 4.79 Å². The number of amides is 1. The molecule has 5 nitrogen and oxygen atoms in total. The van der Waals surface area contributed by atoms with Crippen LogP contribution in [0.2, 0.25) is 0 Å². The standard InChI is InChI=1S/C18H16N4OS/c1-22(15-7-3-2-4-8-15)18(23)13-24-17-10-9-16(20-21-17)14-6-5-11-19-12-14/h2-12H,13H2,1H3. The summed E-state index contributed by atoms with van der Waals surface area (Å²) in [5.74, 6) is 0.330. The molecule has 0 bridgehead atoms. The predicted molar refractivity (Wildman–Crippen MR) is 95.8 cm³/mol. The SMILES string of the molecule is CN(C(=O)CSc1ccc(-c2cccnc2)nn1)c1ccccc1. The maximum Gasteiger partial charge on any atom is 0.237 e. The molecule has 0 N–H and O–H groups in total. The molecule has 3 rings (SSSR count). The van der Waals surface area contributed by atoms with Crippen LogP contribution in [0.15, 0.2) is 72.0 Å². The molecule has 0 saturated carbocycles. The molecule has 0 radical (unpaired) electrons. The molecule has 0 spiro atoms.